The molecule has 2 saturated heterocycles. The van der Waals surface area contributed by atoms with Gasteiger partial charge in [0.1, 0.15) is 84.0 Å². The quantitative estimate of drug-likeness (QED) is 0.0491. The fraction of sp³-hybridized carbons (Fsp3) is 0.424. The Hall–Kier alpha value is -12.8. The molecule has 35 heteroatoms. The van der Waals surface area contributed by atoms with E-state index < -0.39 is 187 Å². The maximum absolute atomic E-state index is 15.6. The number of unbranched alkanes of at least 4 members (excludes halogenated alkanes) is 1. The Labute approximate surface area is 746 Å². The van der Waals surface area contributed by atoms with Gasteiger partial charge in [-0.25, -0.2) is 0 Å². The largest absolute Gasteiger partial charge is 0.508 e. The normalized spacial score (nSPS) is 23.1. The number of primary amides is 1. The molecule has 0 radical (unpaired) electrons. The first-order chi connectivity index (χ1) is 60.7. The van der Waals surface area contributed by atoms with E-state index in [1.807, 2.05) is 25.1 Å². The highest BCUT2D eigenvalue weighted by molar-refractivity contribution is 8.00. The van der Waals surface area contributed by atoms with E-state index in [0.717, 1.165) is 31.6 Å². The number of aromatic hydroxyl groups is 2. The number of aliphatic hydroxyl groups is 1. The minimum Gasteiger partial charge on any atom is -0.508 e. The van der Waals surface area contributed by atoms with E-state index in [0.29, 0.717) is 52.6 Å². The first-order valence-corrected chi connectivity index (χ1v) is 44.4. The van der Waals surface area contributed by atoms with Crippen LogP contribution < -0.4 is 53.6 Å². The first-order valence-electron chi connectivity index (χ1n) is 42.3. The highest BCUT2D eigenvalue weighted by atomic mass is 32.2. The first kappa shape index (κ1) is 98.0. The molecule has 14 N–H and O–H groups in total. The molecular weight excluding hydrogens is 1670 g/mol. The molecule has 3 heterocycles. The molecule has 6 aromatic carbocycles. The lowest BCUT2D eigenvalue weighted by Gasteiger charge is -2.38. The summed E-state index contributed by atoms with van der Waals surface area (Å²) in [6.07, 6.45) is 0.315. The summed E-state index contributed by atoms with van der Waals surface area (Å²) < 4.78 is 0.831. The van der Waals surface area contributed by atoms with Crippen molar-refractivity contribution in [2.24, 2.45) is 11.7 Å². The Morgan fingerprint density at radius 1 is 0.496 bits per heavy atom. The lowest BCUT2D eigenvalue weighted by Crippen LogP contribution is -2.61. The summed E-state index contributed by atoms with van der Waals surface area (Å²) >= 11 is 2.21. The monoisotopic (exact) mass is 1780 g/mol. The van der Waals surface area contributed by atoms with Crippen LogP contribution in [-0.2, 0) is 110 Å². The van der Waals surface area contributed by atoms with Gasteiger partial charge in [-0.1, -0.05) is 167 Å². The predicted molar refractivity (Wildman–Crippen MR) is 478 cm³/mol. The van der Waals surface area contributed by atoms with Gasteiger partial charge in [0.2, 0.25) is 88.6 Å². The van der Waals surface area contributed by atoms with Crippen LogP contribution in [0.3, 0.4) is 0 Å². The number of phenols is 2. The summed E-state index contributed by atoms with van der Waals surface area (Å²) in [4.78, 5) is 228. The second-order valence-corrected chi connectivity index (χ2v) is 34.4. The van der Waals surface area contributed by atoms with Crippen molar-refractivity contribution < 1.29 is 87.2 Å². The predicted octanol–water partition coefficient (Wildman–Crippen LogP) is 2.47. The van der Waals surface area contributed by atoms with Crippen LogP contribution >= 0.6 is 23.1 Å². The number of thioether (sulfide) groups is 1. The second-order valence-electron chi connectivity index (χ2n) is 32.5. The third-order valence-corrected chi connectivity index (χ3v) is 24.4. The van der Waals surface area contributed by atoms with Crippen molar-refractivity contribution >= 4 is 122 Å². The van der Waals surface area contributed by atoms with Crippen molar-refractivity contribution in [3.05, 3.63) is 203 Å². The number of carbonyl (C=O) groups excluding carboxylic acids is 15. The minimum absolute atomic E-state index is 0.0369. The maximum atomic E-state index is 15.6. The van der Waals surface area contributed by atoms with E-state index in [1.165, 1.54) is 110 Å². The number of benzene rings is 6. The summed E-state index contributed by atoms with van der Waals surface area (Å²) in [5.74, 6) is -14.1. The van der Waals surface area contributed by atoms with Crippen LogP contribution in [0.2, 0.25) is 0 Å². The number of hydrogen-bond acceptors (Lipinski definition) is 20. The van der Waals surface area contributed by atoms with Crippen LogP contribution in [0.4, 0.5) is 0 Å². The molecule has 1 aromatic heterocycles. The lowest BCUT2D eigenvalue weighted by molar-refractivity contribution is -0.152. The smallest absolute Gasteiger partial charge is 0.246 e. The number of thiophene rings is 1. The number of phenolic OH excluding ortho intramolecular Hbond substituents is 2. The van der Waals surface area contributed by atoms with Crippen molar-refractivity contribution in [1.82, 2.24) is 72.4 Å². The van der Waals surface area contributed by atoms with Crippen molar-refractivity contribution in [3.8, 4) is 11.5 Å². The van der Waals surface area contributed by atoms with E-state index in [4.69, 9.17) is 5.73 Å². The van der Waals surface area contributed by atoms with Gasteiger partial charge >= 0.3 is 0 Å². The van der Waals surface area contributed by atoms with Crippen LogP contribution in [0, 0.1) is 5.92 Å². The van der Waals surface area contributed by atoms with Crippen molar-refractivity contribution in [3.63, 3.8) is 0 Å². The van der Waals surface area contributed by atoms with E-state index in [2.05, 4.69) is 47.9 Å². The number of rotatable bonds is 21. The molecule has 127 heavy (non-hydrogen) atoms. The number of amides is 15. The average molecular weight is 1780 g/mol. The van der Waals surface area contributed by atoms with Gasteiger partial charge < -0.3 is 93.4 Å². The Balaban J connectivity index is 1.10. The zero-order valence-electron chi connectivity index (χ0n) is 72.5. The molecule has 33 nitrogen and oxygen atoms in total. The van der Waals surface area contributed by atoms with E-state index in [-0.39, 0.29) is 87.5 Å². The molecular formula is C92H115N15O18S2. The number of aliphatic hydroxyl groups excluding tert-OH is 1. The topological polar surface area (TPSA) is 467 Å². The standard InChI is InChI=1S/C92H115N15O18S2/c1-9-10-30-74-92(125)107-41-22-31-73(107)86(119)101-71(51-108)85(118)95-56(4)88(121)105(7)75(46-58-25-16-12-17-26-58)87(120)100-69(45-61-35-39-64(110)40-36-61)89(122)103(5)50-79(112)96-68(48-62-52-127-77-32-21-20-29-65(62)77)84(117)99-67(43-60-33-37-63(109)38-34-60)83(116)98-66(42-55(2)3)82(115)102-72(81(114)94-49-78(93)111)53-126-54-80(113)97-70(44-57-23-14-11-15-24-57)90(123)106(8)76(91(124)104(74)6)47-59-27-18-13-19-28-59/h11-21,23-29,32-40,52,55-56,66-76,108-110H,9-10,22,30-31,41-51,53-54H2,1-8H3,(H2,93,111)(H,94,114)(H,95,118)(H,96,112)(H,97,113)(H,98,116)(H,99,117)(H,100,120)(H,101,119)(H,102,115)/t56-,66-,67-,68-,69-,70-,71-,72-,73+,74-,75-,76-/m0/s1. The number of carbonyl (C=O) groups is 15. The molecule has 0 saturated carbocycles. The minimum atomic E-state index is -1.72. The van der Waals surface area contributed by atoms with E-state index >= 15 is 33.6 Å². The van der Waals surface area contributed by atoms with Gasteiger partial charge in [-0.15, -0.1) is 23.1 Å². The van der Waals surface area contributed by atoms with Gasteiger partial charge in [-0.3, -0.25) is 71.9 Å². The molecule has 678 valence electrons. The van der Waals surface area contributed by atoms with Crippen LogP contribution in [0.15, 0.2) is 169 Å². The molecule has 2 aliphatic rings. The number of fused-ring (bicyclic) bond motifs is 2. The Kier molecular flexibility index (Phi) is 36.7. The average Bonchev–Trinajstić information content (AvgIpc) is 1.76. The molecule has 0 unspecified atom stereocenters. The van der Waals surface area contributed by atoms with E-state index in [1.54, 1.807) is 116 Å². The number of nitrogens with one attached hydrogen (secondary N) is 9. The molecule has 2 aliphatic heterocycles. The van der Waals surface area contributed by atoms with Gasteiger partial charge in [0.05, 0.1) is 25.4 Å². The van der Waals surface area contributed by atoms with Gasteiger partial charge in [0.15, 0.2) is 0 Å². The zero-order chi connectivity index (χ0) is 92.1. The number of nitrogens with zero attached hydrogens (tertiary/aromatic N) is 5. The van der Waals surface area contributed by atoms with Crippen LogP contribution in [0.5, 0.6) is 11.5 Å². The summed E-state index contributed by atoms with van der Waals surface area (Å²) in [6.45, 7) is 4.33. The number of hydrogen-bond donors (Lipinski definition) is 13. The van der Waals surface area contributed by atoms with Crippen LogP contribution in [0.1, 0.15) is 99.6 Å². The lowest BCUT2D eigenvalue weighted by atomic mass is 9.99. The highest BCUT2D eigenvalue weighted by Crippen LogP contribution is 2.29. The van der Waals surface area contributed by atoms with Gasteiger partial charge in [-0.2, -0.15) is 0 Å². The highest BCUT2D eigenvalue weighted by Gasteiger charge is 2.44. The molecule has 9 rings (SSSR count). The van der Waals surface area contributed by atoms with Gasteiger partial charge in [-0.05, 0) is 113 Å². The number of nitrogens with two attached hydrogens (primary N) is 1. The molecule has 0 aliphatic carbocycles. The molecule has 0 bridgehead atoms. The van der Waals surface area contributed by atoms with Gasteiger partial charge in [0, 0.05) is 83.7 Å². The third-order valence-electron chi connectivity index (χ3n) is 22.3. The van der Waals surface area contributed by atoms with Crippen molar-refractivity contribution in [2.75, 3.05) is 65.9 Å². The summed E-state index contributed by atoms with van der Waals surface area (Å²) in [7, 11) is 5.42. The fourth-order valence-corrected chi connectivity index (χ4v) is 17.1. The Morgan fingerprint density at radius 3 is 1.55 bits per heavy atom. The summed E-state index contributed by atoms with van der Waals surface area (Å²) in [5.41, 5.74) is 8.69. The van der Waals surface area contributed by atoms with Crippen LogP contribution in [0.25, 0.3) is 10.1 Å². The summed E-state index contributed by atoms with van der Waals surface area (Å²) in [6, 6.07) is 27.3. The van der Waals surface area contributed by atoms with Crippen molar-refractivity contribution in [2.45, 2.75) is 177 Å². The summed E-state index contributed by atoms with van der Waals surface area (Å²) in [5, 5.41) is 58.3. The Morgan fingerprint density at radius 2 is 0.976 bits per heavy atom. The van der Waals surface area contributed by atoms with Gasteiger partial charge in [0.25, 0.3) is 0 Å². The SMILES string of the molecule is CCCC[C@H]1C(=O)N2CCC[C@@H]2C(=O)N[C@@H](CO)C(=O)N[C@@H](C)C(=O)N(C)[C@@H](Cc2ccccc2)C(=O)N[C@@H](Cc2ccc(O)cc2)C(=O)N(C)CC(=O)N[C@@H](Cc2csc3ccccc23)C(=O)N[C@@H](Cc2ccc(O)cc2)C(=O)N[C@@H](CC(C)C)C(=O)N[C@H](C(=O)NCC(N)=O)CSCC(=O)N[C@@H](Cc2ccccc2)C(=O)N(C)[C@@H](Cc2ccccc2)C(=O)N1C. The second kappa shape index (κ2) is 47.5. The molecule has 0 spiro atoms. The third kappa shape index (κ3) is 28.4. The zero-order valence-corrected chi connectivity index (χ0v) is 74.1. The molecule has 15 amide bonds. The fourth-order valence-electron chi connectivity index (χ4n) is 15.3. The van der Waals surface area contributed by atoms with E-state index in [9.17, 15) is 53.7 Å². The molecule has 2 fully saturated rings. The number of likely N-dealkylation sites (N-methyl/N-ethyl adjacent to an activating group) is 4. The molecule has 7 aromatic rings. The Bertz CT molecular complexity index is 4990. The van der Waals surface area contributed by atoms with Crippen molar-refractivity contribution in [1.29, 1.82) is 0 Å². The molecule has 12 atom stereocenters. The van der Waals surface area contributed by atoms with Crippen LogP contribution in [-0.4, -0.2) is 267 Å². The maximum Gasteiger partial charge on any atom is 0.246 e.